The van der Waals surface area contributed by atoms with E-state index in [1.165, 1.54) is 18.4 Å². The lowest BCUT2D eigenvalue weighted by molar-refractivity contribution is 0.0605. The van der Waals surface area contributed by atoms with E-state index in [-0.39, 0.29) is 11.3 Å². The second kappa shape index (κ2) is 7.84. The lowest BCUT2D eigenvalue weighted by atomic mass is 10.2. The van der Waals surface area contributed by atoms with Gasteiger partial charge in [-0.1, -0.05) is 12.1 Å². The lowest BCUT2D eigenvalue weighted by Gasteiger charge is -2.36. The highest BCUT2D eigenvalue weighted by Crippen LogP contribution is 2.29. The molecule has 4 rings (SSSR count). The van der Waals surface area contributed by atoms with Crippen LogP contribution in [0.5, 0.6) is 5.75 Å². The summed E-state index contributed by atoms with van der Waals surface area (Å²) in [6.07, 6.45) is 0. The Morgan fingerprint density at radius 2 is 2.00 bits per heavy atom. The van der Waals surface area contributed by atoms with Crippen LogP contribution in [0, 0.1) is 6.92 Å². The van der Waals surface area contributed by atoms with Gasteiger partial charge >= 0.3 is 5.97 Å². The van der Waals surface area contributed by atoms with Crippen molar-refractivity contribution in [3.05, 3.63) is 50.9 Å². The number of phenolic OH excluding ortho intramolecular Hbond substituents is 1. The summed E-state index contributed by atoms with van der Waals surface area (Å²) in [6, 6.07) is 7.33. The molecule has 9 heteroatoms. The van der Waals surface area contributed by atoms with Crippen LogP contribution < -0.4 is 10.5 Å². The number of aromatic hydroxyl groups is 1. The smallest absolute Gasteiger partial charge is 0.348 e. The van der Waals surface area contributed by atoms with Crippen LogP contribution in [0.25, 0.3) is 10.2 Å². The molecule has 0 aliphatic carbocycles. The van der Waals surface area contributed by atoms with Crippen LogP contribution in [0.4, 0.5) is 5.69 Å². The Bertz CT molecular complexity index is 1120. The molecule has 152 valence electrons. The standard InChI is InChI=1S/C20H22N4O4S/c1-12-16-18(26)21-15(22-19(16)29-17(12)20(27)28-2)11-23-7-9-24(10-8-23)13-5-3-4-6-14(13)25/h3-6,25H,7-11H2,1-2H3,(H,21,22,26). The Balaban J connectivity index is 1.50. The van der Waals surface area contributed by atoms with Crippen molar-refractivity contribution in [1.29, 1.82) is 0 Å². The van der Waals surface area contributed by atoms with Gasteiger partial charge in [0.25, 0.3) is 5.56 Å². The van der Waals surface area contributed by atoms with Crippen molar-refractivity contribution in [2.24, 2.45) is 0 Å². The van der Waals surface area contributed by atoms with Crippen molar-refractivity contribution < 1.29 is 14.6 Å². The highest BCUT2D eigenvalue weighted by molar-refractivity contribution is 7.20. The minimum absolute atomic E-state index is 0.234. The number of aryl methyl sites for hydroxylation is 1. The number of aromatic nitrogens is 2. The van der Waals surface area contributed by atoms with Crippen molar-refractivity contribution in [3.8, 4) is 5.75 Å². The molecule has 1 aliphatic rings. The average molecular weight is 414 g/mol. The number of carbonyl (C=O) groups is 1. The minimum atomic E-state index is -0.452. The van der Waals surface area contributed by atoms with Crippen molar-refractivity contribution in [1.82, 2.24) is 14.9 Å². The van der Waals surface area contributed by atoms with E-state index >= 15 is 0 Å². The first-order chi connectivity index (χ1) is 14.0. The number of phenols is 1. The number of benzene rings is 1. The quantitative estimate of drug-likeness (QED) is 0.631. The molecule has 0 amide bonds. The summed E-state index contributed by atoms with van der Waals surface area (Å²) in [5.41, 5.74) is 1.21. The second-order valence-electron chi connectivity index (χ2n) is 6.99. The Labute approximate surface area is 171 Å². The lowest BCUT2D eigenvalue weighted by Crippen LogP contribution is -2.46. The summed E-state index contributed by atoms with van der Waals surface area (Å²) in [5.74, 6) is 0.412. The molecule has 29 heavy (non-hydrogen) atoms. The molecule has 1 saturated heterocycles. The number of rotatable bonds is 4. The number of thiophene rings is 1. The van der Waals surface area contributed by atoms with Gasteiger partial charge in [0.2, 0.25) is 0 Å². The van der Waals surface area contributed by atoms with Gasteiger partial charge in [-0.2, -0.15) is 0 Å². The van der Waals surface area contributed by atoms with E-state index in [9.17, 15) is 14.7 Å². The summed E-state index contributed by atoms with van der Waals surface area (Å²) in [6.45, 7) is 5.37. The molecule has 8 nitrogen and oxygen atoms in total. The summed E-state index contributed by atoms with van der Waals surface area (Å²) in [5, 5.41) is 10.5. The molecular weight excluding hydrogens is 392 g/mol. The maximum absolute atomic E-state index is 12.6. The number of fused-ring (bicyclic) bond motifs is 1. The normalized spacial score (nSPS) is 15.0. The second-order valence-corrected chi connectivity index (χ2v) is 7.99. The summed E-state index contributed by atoms with van der Waals surface area (Å²) < 4.78 is 4.79. The van der Waals surface area contributed by atoms with Crippen molar-refractivity contribution in [3.63, 3.8) is 0 Å². The van der Waals surface area contributed by atoms with E-state index in [4.69, 9.17) is 4.74 Å². The number of hydrogen-bond donors (Lipinski definition) is 2. The van der Waals surface area contributed by atoms with Crippen LogP contribution >= 0.6 is 11.3 Å². The van der Waals surface area contributed by atoms with Crippen LogP contribution in [0.15, 0.2) is 29.1 Å². The molecule has 0 spiro atoms. The third-order valence-electron chi connectivity index (χ3n) is 5.19. The summed E-state index contributed by atoms with van der Waals surface area (Å²) in [4.78, 5) is 37.2. The molecule has 3 aromatic rings. The van der Waals surface area contributed by atoms with E-state index in [2.05, 4.69) is 19.8 Å². The number of piperazine rings is 1. The predicted molar refractivity (Wildman–Crippen MR) is 112 cm³/mol. The third-order valence-corrected chi connectivity index (χ3v) is 6.35. The van der Waals surface area contributed by atoms with Crippen LogP contribution in [0.2, 0.25) is 0 Å². The van der Waals surface area contributed by atoms with Gasteiger partial charge in [0, 0.05) is 26.2 Å². The van der Waals surface area contributed by atoms with Crippen LogP contribution in [0.1, 0.15) is 21.1 Å². The predicted octanol–water partition coefficient (Wildman–Crippen LogP) is 2.11. The van der Waals surface area contributed by atoms with E-state index in [0.29, 0.717) is 33.0 Å². The number of methoxy groups -OCH3 is 1. The first-order valence-corrected chi connectivity index (χ1v) is 10.2. The maximum atomic E-state index is 12.6. The first-order valence-electron chi connectivity index (χ1n) is 9.34. The zero-order valence-corrected chi connectivity index (χ0v) is 17.1. The largest absolute Gasteiger partial charge is 0.506 e. The minimum Gasteiger partial charge on any atom is -0.506 e. The fourth-order valence-corrected chi connectivity index (χ4v) is 4.76. The number of H-pyrrole nitrogens is 1. The molecule has 1 aliphatic heterocycles. The van der Waals surface area contributed by atoms with Gasteiger partial charge in [0.1, 0.15) is 21.3 Å². The van der Waals surface area contributed by atoms with E-state index in [1.54, 1.807) is 13.0 Å². The molecule has 0 bridgehead atoms. The number of para-hydroxylation sites is 2. The number of nitrogens with zero attached hydrogens (tertiary/aromatic N) is 3. The molecule has 0 atom stereocenters. The fourth-order valence-electron chi connectivity index (χ4n) is 3.64. The van der Waals surface area contributed by atoms with Gasteiger partial charge < -0.3 is 19.7 Å². The fraction of sp³-hybridized carbons (Fsp3) is 0.350. The molecule has 2 N–H and O–H groups in total. The molecule has 2 aromatic heterocycles. The molecule has 1 fully saturated rings. The molecule has 0 saturated carbocycles. The van der Waals surface area contributed by atoms with Crippen molar-refractivity contribution in [2.45, 2.75) is 13.5 Å². The molecule has 1 aromatic carbocycles. The van der Waals surface area contributed by atoms with Gasteiger partial charge in [-0.3, -0.25) is 9.69 Å². The summed E-state index contributed by atoms with van der Waals surface area (Å²) in [7, 11) is 1.32. The maximum Gasteiger partial charge on any atom is 0.348 e. The highest BCUT2D eigenvalue weighted by Gasteiger charge is 2.22. The van der Waals surface area contributed by atoms with Gasteiger partial charge in [0.15, 0.2) is 0 Å². The Hall–Kier alpha value is -2.91. The Kier molecular flexibility index (Phi) is 5.25. The van der Waals surface area contributed by atoms with Gasteiger partial charge in [0.05, 0.1) is 24.7 Å². The van der Waals surface area contributed by atoms with E-state index in [0.717, 1.165) is 31.9 Å². The molecule has 3 heterocycles. The molecular formula is C20H22N4O4S. The number of nitrogens with one attached hydrogen (secondary N) is 1. The van der Waals surface area contributed by atoms with Crippen molar-refractivity contribution in [2.75, 3.05) is 38.2 Å². The monoisotopic (exact) mass is 414 g/mol. The third kappa shape index (κ3) is 3.70. The number of esters is 1. The highest BCUT2D eigenvalue weighted by atomic mass is 32.1. The number of aromatic amines is 1. The SMILES string of the molecule is COC(=O)c1sc2nc(CN3CCN(c4ccccc4O)CC3)[nH]c(=O)c2c1C. The summed E-state index contributed by atoms with van der Waals surface area (Å²) >= 11 is 1.19. The van der Waals surface area contributed by atoms with Crippen LogP contribution in [-0.4, -0.2) is 59.2 Å². The topological polar surface area (TPSA) is 98.8 Å². The van der Waals surface area contributed by atoms with Gasteiger partial charge in [-0.05, 0) is 24.6 Å². The van der Waals surface area contributed by atoms with Crippen LogP contribution in [-0.2, 0) is 11.3 Å². The van der Waals surface area contributed by atoms with Crippen molar-refractivity contribution >= 4 is 33.2 Å². The Morgan fingerprint density at radius 3 is 2.69 bits per heavy atom. The van der Waals surface area contributed by atoms with Gasteiger partial charge in [-0.25, -0.2) is 9.78 Å². The van der Waals surface area contributed by atoms with E-state index < -0.39 is 5.97 Å². The number of anilines is 1. The Morgan fingerprint density at radius 1 is 1.28 bits per heavy atom. The number of carbonyl (C=O) groups excluding carboxylic acids is 1. The zero-order valence-electron chi connectivity index (χ0n) is 16.3. The molecule has 0 radical (unpaired) electrons. The number of hydrogen-bond acceptors (Lipinski definition) is 8. The van der Waals surface area contributed by atoms with Gasteiger partial charge in [-0.15, -0.1) is 11.3 Å². The molecule has 0 unspecified atom stereocenters. The first kappa shape index (κ1) is 19.4. The van der Waals surface area contributed by atoms with Crippen LogP contribution in [0.3, 0.4) is 0 Å². The zero-order chi connectivity index (χ0) is 20.5. The number of ether oxygens (including phenoxy) is 1. The van der Waals surface area contributed by atoms with E-state index in [1.807, 2.05) is 18.2 Å². The average Bonchev–Trinajstić information content (AvgIpc) is 3.05.